The summed E-state index contributed by atoms with van der Waals surface area (Å²) < 4.78 is 5.54. The van der Waals surface area contributed by atoms with Crippen LogP contribution >= 0.6 is 12.2 Å². The first-order valence-electron chi connectivity index (χ1n) is 5.92. The molecule has 0 spiro atoms. The lowest BCUT2D eigenvalue weighted by molar-refractivity contribution is 0.0467. The van der Waals surface area contributed by atoms with E-state index in [1.807, 2.05) is 0 Å². The summed E-state index contributed by atoms with van der Waals surface area (Å²) in [5, 5.41) is 0. The lowest BCUT2D eigenvalue weighted by Crippen LogP contribution is -2.49. The Hall–Kier alpha value is -0.230. The molecule has 2 N–H and O–H groups in total. The lowest BCUT2D eigenvalue weighted by Gasteiger charge is -2.34. The van der Waals surface area contributed by atoms with E-state index >= 15 is 0 Å². The topological polar surface area (TPSA) is 41.7 Å². The third-order valence-corrected chi connectivity index (χ3v) is 2.83. The van der Waals surface area contributed by atoms with Gasteiger partial charge in [-0.25, -0.2) is 0 Å². The highest BCUT2D eigenvalue weighted by molar-refractivity contribution is 7.80. The standard InChI is InChI=1S/C11H23N3OS/c1-10(2)15-8-7-13-3-5-14(6-4-13)9-11(12)16/h10H,3-9H2,1-2H3,(H2,12,16). The number of thiocarbonyl (C=S) groups is 1. The second-order valence-corrected chi connectivity index (χ2v) is 5.03. The Morgan fingerprint density at radius 2 is 1.81 bits per heavy atom. The molecular formula is C11H23N3OS. The molecule has 1 aliphatic heterocycles. The fourth-order valence-corrected chi connectivity index (χ4v) is 1.99. The van der Waals surface area contributed by atoms with Crippen LogP contribution in [-0.2, 0) is 4.74 Å². The highest BCUT2D eigenvalue weighted by Crippen LogP contribution is 2.01. The Labute approximate surface area is 104 Å². The molecule has 5 heteroatoms. The Bertz CT molecular complexity index is 215. The zero-order valence-corrected chi connectivity index (χ0v) is 11.1. The van der Waals surface area contributed by atoms with E-state index in [1.165, 1.54) is 0 Å². The molecule has 0 unspecified atom stereocenters. The smallest absolute Gasteiger partial charge is 0.0870 e. The molecule has 0 atom stereocenters. The van der Waals surface area contributed by atoms with Gasteiger partial charge in [-0.2, -0.15) is 0 Å². The van der Waals surface area contributed by atoms with E-state index in [4.69, 9.17) is 22.7 Å². The van der Waals surface area contributed by atoms with Crippen LogP contribution in [0.15, 0.2) is 0 Å². The molecule has 1 saturated heterocycles. The van der Waals surface area contributed by atoms with E-state index < -0.39 is 0 Å². The third kappa shape index (κ3) is 5.75. The van der Waals surface area contributed by atoms with Crippen LogP contribution in [0.25, 0.3) is 0 Å². The molecule has 1 aliphatic rings. The predicted molar refractivity (Wildman–Crippen MR) is 70.8 cm³/mol. The fourth-order valence-electron chi connectivity index (χ4n) is 1.81. The highest BCUT2D eigenvalue weighted by atomic mass is 32.1. The number of hydrogen-bond donors (Lipinski definition) is 1. The quantitative estimate of drug-likeness (QED) is 0.682. The molecule has 0 aromatic carbocycles. The summed E-state index contributed by atoms with van der Waals surface area (Å²) in [6.45, 7) is 11.0. The van der Waals surface area contributed by atoms with Gasteiger partial charge in [0.05, 0.1) is 17.7 Å². The van der Waals surface area contributed by atoms with E-state index in [2.05, 4.69) is 23.6 Å². The van der Waals surface area contributed by atoms with Crippen molar-refractivity contribution in [3.8, 4) is 0 Å². The van der Waals surface area contributed by atoms with Gasteiger partial charge in [0.15, 0.2) is 0 Å². The van der Waals surface area contributed by atoms with E-state index in [0.29, 0.717) is 11.1 Å². The molecule has 1 heterocycles. The summed E-state index contributed by atoms with van der Waals surface area (Å²) in [6, 6.07) is 0. The van der Waals surface area contributed by atoms with E-state index in [0.717, 1.165) is 45.9 Å². The van der Waals surface area contributed by atoms with Gasteiger partial charge in [0, 0.05) is 39.3 Å². The highest BCUT2D eigenvalue weighted by Gasteiger charge is 2.16. The maximum absolute atomic E-state index is 5.54. The second-order valence-electron chi connectivity index (χ2n) is 4.50. The van der Waals surface area contributed by atoms with Crippen molar-refractivity contribution in [1.29, 1.82) is 0 Å². The minimum atomic E-state index is 0.330. The number of ether oxygens (including phenoxy) is 1. The monoisotopic (exact) mass is 245 g/mol. The molecule has 1 fully saturated rings. The number of rotatable bonds is 6. The van der Waals surface area contributed by atoms with Gasteiger partial charge >= 0.3 is 0 Å². The second kappa shape index (κ2) is 7.17. The van der Waals surface area contributed by atoms with Gasteiger partial charge in [0.1, 0.15) is 0 Å². The summed E-state index contributed by atoms with van der Waals surface area (Å²) in [7, 11) is 0. The van der Waals surface area contributed by atoms with E-state index in [9.17, 15) is 0 Å². The molecule has 0 radical (unpaired) electrons. The van der Waals surface area contributed by atoms with Gasteiger partial charge in [-0.05, 0) is 13.8 Å². The normalized spacial score (nSPS) is 19.2. The number of nitrogens with two attached hydrogens (primary N) is 1. The van der Waals surface area contributed by atoms with E-state index in [-0.39, 0.29) is 0 Å². The molecule has 0 aliphatic carbocycles. The molecule has 16 heavy (non-hydrogen) atoms. The molecule has 1 rings (SSSR count). The van der Waals surface area contributed by atoms with Crippen molar-refractivity contribution < 1.29 is 4.74 Å². The van der Waals surface area contributed by atoms with Crippen LogP contribution in [-0.4, -0.2) is 66.8 Å². The molecular weight excluding hydrogens is 222 g/mol. The Kier molecular flexibility index (Phi) is 6.20. The average Bonchev–Trinajstić information content (AvgIpc) is 2.19. The largest absolute Gasteiger partial charge is 0.392 e. The average molecular weight is 245 g/mol. The third-order valence-electron chi connectivity index (χ3n) is 2.70. The maximum Gasteiger partial charge on any atom is 0.0870 e. The zero-order chi connectivity index (χ0) is 12.0. The van der Waals surface area contributed by atoms with Gasteiger partial charge in [0.25, 0.3) is 0 Å². The van der Waals surface area contributed by atoms with Gasteiger partial charge in [0.2, 0.25) is 0 Å². The summed E-state index contributed by atoms with van der Waals surface area (Å²) >= 11 is 4.91. The van der Waals surface area contributed by atoms with Gasteiger partial charge in [-0.1, -0.05) is 12.2 Å². The van der Waals surface area contributed by atoms with Crippen LogP contribution in [0.5, 0.6) is 0 Å². The first kappa shape index (κ1) is 13.8. The predicted octanol–water partition coefficient (Wildman–Crippen LogP) is 0.315. The number of piperazine rings is 1. The zero-order valence-electron chi connectivity index (χ0n) is 10.3. The molecule has 0 saturated carbocycles. The van der Waals surface area contributed by atoms with Crippen LogP contribution in [0, 0.1) is 0 Å². The van der Waals surface area contributed by atoms with Crippen molar-refractivity contribution in [2.24, 2.45) is 5.73 Å². The Balaban J connectivity index is 2.10. The number of hydrogen-bond acceptors (Lipinski definition) is 4. The Morgan fingerprint density at radius 3 is 2.31 bits per heavy atom. The molecule has 0 aromatic rings. The van der Waals surface area contributed by atoms with Crippen molar-refractivity contribution in [3.05, 3.63) is 0 Å². The van der Waals surface area contributed by atoms with Crippen LogP contribution in [0.2, 0.25) is 0 Å². The fraction of sp³-hybridized carbons (Fsp3) is 0.909. The van der Waals surface area contributed by atoms with Crippen LogP contribution < -0.4 is 5.73 Å². The van der Waals surface area contributed by atoms with Crippen LogP contribution in [0.3, 0.4) is 0 Å². The molecule has 4 nitrogen and oxygen atoms in total. The SMILES string of the molecule is CC(C)OCCN1CCN(CC(N)=S)CC1. The summed E-state index contributed by atoms with van der Waals surface area (Å²) in [6.07, 6.45) is 0.330. The first-order chi connectivity index (χ1) is 7.58. The minimum Gasteiger partial charge on any atom is -0.392 e. The Morgan fingerprint density at radius 1 is 1.25 bits per heavy atom. The molecule has 0 aromatic heterocycles. The number of nitrogens with zero attached hydrogens (tertiary/aromatic N) is 2. The van der Waals surface area contributed by atoms with Gasteiger partial charge in [-0.15, -0.1) is 0 Å². The van der Waals surface area contributed by atoms with Crippen molar-refractivity contribution in [3.63, 3.8) is 0 Å². The van der Waals surface area contributed by atoms with Crippen molar-refractivity contribution in [2.45, 2.75) is 20.0 Å². The molecule has 94 valence electrons. The summed E-state index contributed by atoms with van der Waals surface area (Å²) in [5.41, 5.74) is 5.53. The first-order valence-corrected chi connectivity index (χ1v) is 6.33. The van der Waals surface area contributed by atoms with E-state index in [1.54, 1.807) is 0 Å². The van der Waals surface area contributed by atoms with Gasteiger partial charge in [-0.3, -0.25) is 9.80 Å². The van der Waals surface area contributed by atoms with Gasteiger partial charge < -0.3 is 10.5 Å². The van der Waals surface area contributed by atoms with Crippen LogP contribution in [0.4, 0.5) is 0 Å². The summed E-state index contributed by atoms with van der Waals surface area (Å²) in [5.74, 6) is 0. The van der Waals surface area contributed by atoms with Crippen molar-refractivity contribution in [2.75, 3.05) is 45.9 Å². The molecule has 0 bridgehead atoms. The summed E-state index contributed by atoms with van der Waals surface area (Å²) in [4.78, 5) is 5.33. The molecule has 0 amide bonds. The van der Waals surface area contributed by atoms with Crippen molar-refractivity contribution in [1.82, 2.24) is 9.80 Å². The van der Waals surface area contributed by atoms with Crippen molar-refractivity contribution >= 4 is 17.2 Å². The minimum absolute atomic E-state index is 0.330. The van der Waals surface area contributed by atoms with Crippen LogP contribution in [0.1, 0.15) is 13.8 Å². The lowest BCUT2D eigenvalue weighted by atomic mass is 10.3. The maximum atomic E-state index is 5.54.